The molecule has 0 aliphatic carbocycles. The largest absolute Gasteiger partial charge is 0.494 e. The van der Waals surface area contributed by atoms with Crippen LogP contribution in [0.5, 0.6) is 5.75 Å². The molecule has 0 radical (unpaired) electrons. The van der Waals surface area contributed by atoms with E-state index < -0.39 is 17.8 Å². The first kappa shape index (κ1) is 22.3. The summed E-state index contributed by atoms with van der Waals surface area (Å²) in [6.45, 7) is 4.51. The molecule has 2 amide bonds. The molecule has 0 spiro atoms. The SMILES string of the molecule is CCCOc1ccc(N2C[C@H](C(=O)OCC(=O)Nc3ccccc3CC)CC2=O)cc1. The van der Waals surface area contributed by atoms with Crippen molar-refractivity contribution in [3.63, 3.8) is 0 Å². The minimum Gasteiger partial charge on any atom is -0.494 e. The van der Waals surface area contributed by atoms with E-state index in [0.29, 0.717) is 18.0 Å². The maximum atomic E-state index is 12.4. The predicted molar refractivity (Wildman–Crippen MR) is 118 cm³/mol. The van der Waals surface area contributed by atoms with Crippen molar-refractivity contribution in [3.05, 3.63) is 54.1 Å². The van der Waals surface area contributed by atoms with E-state index in [4.69, 9.17) is 9.47 Å². The van der Waals surface area contributed by atoms with Gasteiger partial charge in [0.2, 0.25) is 5.91 Å². The number of rotatable bonds is 9. The highest BCUT2D eigenvalue weighted by atomic mass is 16.5. The maximum Gasteiger partial charge on any atom is 0.311 e. The van der Waals surface area contributed by atoms with E-state index >= 15 is 0 Å². The lowest BCUT2D eigenvalue weighted by Gasteiger charge is -2.17. The molecule has 1 aliphatic rings. The number of hydrogen-bond acceptors (Lipinski definition) is 5. The number of carbonyl (C=O) groups excluding carboxylic acids is 3. The number of para-hydroxylation sites is 1. The molecule has 7 nitrogen and oxygen atoms in total. The second-order valence-corrected chi connectivity index (χ2v) is 7.41. The van der Waals surface area contributed by atoms with Crippen LogP contribution in [-0.2, 0) is 25.5 Å². The van der Waals surface area contributed by atoms with Crippen molar-refractivity contribution >= 4 is 29.2 Å². The minimum atomic E-state index is -0.598. The Balaban J connectivity index is 1.51. The van der Waals surface area contributed by atoms with E-state index in [1.807, 2.05) is 50.2 Å². The molecule has 0 bridgehead atoms. The lowest BCUT2D eigenvalue weighted by atomic mass is 10.1. The molecular weight excluding hydrogens is 396 g/mol. The Hall–Kier alpha value is -3.35. The molecule has 1 aliphatic heterocycles. The van der Waals surface area contributed by atoms with E-state index in [1.54, 1.807) is 17.0 Å². The second kappa shape index (κ2) is 10.6. The number of carbonyl (C=O) groups is 3. The summed E-state index contributed by atoms with van der Waals surface area (Å²) in [4.78, 5) is 38.6. The average molecular weight is 424 g/mol. The van der Waals surface area contributed by atoms with Crippen molar-refractivity contribution in [3.8, 4) is 5.75 Å². The van der Waals surface area contributed by atoms with Gasteiger partial charge < -0.3 is 19.7 Å². The number of nitrogens with one attached hydrogen (secondary N) is 1. The minimum absolute atomic E-state index is 0.0627. The normalized spacial score (nSPS) is 15.6. The zero-order valence-electron chi connectivity index (χ0n) is 17.9. The quantitative estimate of drug-likeness (QED) is 0.622. The Labute approximate surface area is 182 Å². The molecule has 7 heteroatoms. The number of nitrogens with zero attached hydrogens (tertiary/aromatic N) is 1. The summed E-state index contributed by atoms with van der Waals surface area (Å²) in [6, 6.07) is 14.7. The summed E-state index contributed by atoms with van der Waals surface area (Å²) in [5.74, 6) is -0.954. The Morgan fingerprint density at radius 1 is 1.10 bits per heavy atom. The molecular formula is C24H28N2O5. The summed E-state index contributed by atoms with van der Waals surface area (Å²) >= 11 is 0. The molecule has 164 valence electrons. The van der Waals surface area contributed by atoms with Gasteiger partial charge in [0.05, 0.1) is 12.5 Å². The number of amides is 2. The predicted octanol–water partition coefficient (Wildman–Crippen LogP) is 3.57. The molecule has 0 unspecified atom stereocenters. The van der Waals surface area contributed by atoms with Crippen molar-refractivity contribution in [2.45, 2.75) is 33.1 Å². The fourth-order valence-electron chi connectivity index (χ4n) is 3.45. The molecule has 1 saturated heterocycles. The van der Waals surface area contributed by atoms with Crippen LogP contribution in [0.4, 0.5) is 11.4 Å². The van der Waals surface area contributed by atoms with Crippen LogP contribution in [0.1, 0.15) is 32.3 Å². The zero-order chi connectivity index (χ0) is 22.2. The Kier molecular flexibility index (Phi) is 7.65. The number of benzene rings is 2. The monoisotopic (exact) mass is 424 g/mol. The summed E-state index contributed by atoms with van der Waals surface area (Å²) in [5, 5.41) is 2.77. The van der Waals surface area contributed by atoms with Gasteiger partial charge in [-0.1, -0.05) is 32.0 Å². The number of hydrogen-bond donors (Lipinski definition) is 1. The van der Waals surface area contributed by atoms with Crippen LogP contribution in [0.15, 0.2) is 48.5 Å². The Morgan fingerprint density at radius 3 is 2.55 bits per heavy atom. The van der Waals surface area contributed by atoms with Gasteiger partial charge in [0, 0.05) is 24.3 Å². The summed E-state index contributed by atoms with van der Waals surface area (Å²) in [5.41, 5.74) is 2.42. The molecule has 1 atom stereocenters. The highest BCUT2D eigenvalue weighted by Gasteiger charge is 2.36. The van der Waals surface area contributed by atoms with Gasteiger partial charge in [-0.25, -0.2) is 0 Å². The molecule has 0 saturated carbocycles. The second-order valence-electron chi connectivity index (χ2n) is 7.41. The van der Waals surface area contributed by atoms with Gasteiger partial charge in [0.1, 0.15) is 5.75 Å². The lowest BCUT2D eigenvalue weighted by Crippen LogP contribution is -2.28. The molecule has 0 aromatic heterocycles. The molecule has 1 fully saturated rings. The van der Waals surface area contributed by atoms with Crippen LogP contribution in [0.3, 0.4) is 0 Å². The van der Waals surface area contributed by atoms with E-state index in [0.717, 1.165) is 24.2 Å². The molecule has 2 aromatic carbocycles. The topological polar surface area (TPSA) is 84.9 Å². The van der Waals surface area contributed by atoms with Crippen LogP contribution in [0.25, 0.3) is 0 Å². The summed E-state index contributed by atoms with van der Waals surface area (Å²) in [6.07, 6.45) is 1.76. The zero-order valence-corrected chi connectivity index (χ0v) is 17.9. The van der Waals surface area contributed by atoms with E-state index in [2.05, 4.69) is 5.32 Å². The van der Waals surface area contributed by atoms with Gasteiger partial charge in [-0.05, 0) is 48.7 Å². The lowest BCUT2D eigenvalue weighted by molar-refractivity contribution is -0.151. The van der Waals surface area contributed by atoms with Crippen molar-refractivity contribution in [2.24, 2.45) is 5.92 Å². The van der Waals surface area contributed by atoms with Gasteiger partial charge in [-0.2, -0.15) is 0 Å². The van der Waals surface area contributed by atoms with Crippen molar-refractivity contribution in [2.75, 3.05) is 30.0 Å². The number of aryl methyl sites for hydroxylation is 1. The third kappa shape index (κ3) is 5.84. The third-order valence-electron chi connectivity index (χ3n) is 5.10. The average Bonchev–Trinajstić information content (AvgIpc) is 3.18. The van der Waals surface area contributed by atoms with E-state index in [-0.39, 0.29) is 25.5 Å². The van der Waals surface area contributed by atoms with Gasteiger partial charge in [0.25, 0.3) is 5.91 Å². The highest BCUT2D eigenvalue weighted by molar-refractivity contribution is 6.00. The number of ether oxygens (including phenoxy) is 2. The molecule has 1 heterocycles. The first-order chi connectivity index (χ1) is 15.0. The van der Waals surface area contributed by atoms with Crippen molar-refractivity contribution in [1.82, 2.24) is 0 Å². The van der Waals surface area contributed by atoms with Crippen LogP contribution in [-0.4, -0.2) is 37.5 Å². The van der Waals surface area contributed by atoms with Crippen molar-refractivity contribution in [1.29, 1.82) is 0 Å². The van der Waals surface area contributed by atoms with Crippen LogP contribution < -0.4 is 15.0 Å². The Bertz CT molecular complexity index is 926. The smallest absolute Gasteiger partial charge is 0.311 e. The first-order valence-corrected chi connectivity index (χ1v) is 10.6. The number of esters is 1. The first-order valence-electron chi connectivity index (χ1n) is 10.6. The fraction of sp³-hybridized carbons (Fsp3) is 0.375. The Morgan fingerprint density at radius 2 is 1.84 bits per heavy atom. The van der Waals surface area contributed by atoms with Crippen LogP contribution in [0.2, 0.25) is 0 Å². The van der Waals surface area contributed by atoms with E-state index in [1.165, 1.54) is 0 Å². The fourth-order valence-corrected chi connectivity index (χ4v) is 3.45. The standard InChI is InChI=1S/C24H28N2O5/c1-3-13-30-20-11-9-19(10-12-20)26-15-18(14-23(26)28)24(29)31-16-22(27)25-21-8-6-5-7-17(21)4-2/h5-12,18H,3-4,13-16H2,1-2H3,(H,25,27)/t18-/m1/s1. The highest BCUT2D eigenvalue weighted by Crippen LogP contribution is 2.27. The van der Waals surface area contributed by atoms with Crippen LogP contribution >= 0.6 is 0 Å². The van der Waals surface area contributed by atoms with Gasteiger partial charge in [0.15, 0.2) is 6.61 Å². The summed E-state index contributed by atoms with van der Waals surface area (Å²) in [7, 11) is 0. The summed E-state index contributed by atoms with van der Waals surface area (Å²) < 4.78 is 10.7. The molecule has 1 N–H and O–H groups in total. The van der Waals surface area contributed by atoms with Crippen molar-refractivity contribution < 1.29 is 23.9 Å². The third-order valence-corrected chi connectivity index (χ3v) is 5.10. The van der Waals surface area contributed by atoms with Gasteiger partial charge >= 0.3 is 5.97 Å². The molecule has 3 rings (SSSR count). The number of anilines is 2. The molecule has 31 heavy (non-hydrogen) atoms. The molecule has 2 aromatic rings. The maximum absolute atomic E-state index is 12.4. The van der Waals surface area contributed by atoms with Gasteiger partial charge in [-0.3, -0.25) is 14.4 Å². The van der Waals surface area contributed by atoms with Gasteiger partial charge in [-0.15, -0.1) is 0 Å². The van der Waals surface area contributed by atoms with E-state index in [9.17, 15) is 14.4 Å². The van der Waals surface area contributed by atoms with Crippen LogP contribution in [0, 0.1) is 5.92 Å².